The van der Waals surface area contributed by atoms with E-state index in [9.17, 15) is 0 Å². The Balaban J connectivity index is 1.82. The number of rotatable bonds is 7. The molecule has 0 aromatic heterocycles. The van der Waals surface area contributed by atoms with Gasteiger partial charge in [-0.25, -0.2) is 0 Å². The fourth-order valence-electron chi connectivity index (χ4n) is 2.81. The molecule has 2 rings (SSSR count). The van der Waals surface area contributed by atoms with Crippen molar-refractivity contribution >= 4 is 0 Å². The molecule has 18 heavy (non-hydrogen) atoms. The van der Waals surface area contributed by atoms with Crippen LogP contribution in [0.25, 0.3) is 0 Å². The lowest BCUT2D eigenvalue weighted by atomic mass is 10.0. The molecule has 1 aliphatic heterocycles. The zero-order chi connectivity index (χ0) is 13.0. The number of piperidine rings is 1. The number of hydrogen-bond acceptors (Lipinski definition) is 4. The highest BCUT2D eigenvalue weighted by Gasteiger charge is 2.28. The molecule has 1 aliphatic carbocycles. The summed E-state index contributed by atoms with van der Waals surface area (Å²) >= 11 is 0. The van der Waals surface area contributed by atoms with Crippen molar-refractivity contribution in [2.24, 2.45) is 0 Å². The van der Waals surface area contributed by atoms with Crippen LogP contribution >= 0.6 is 0 Å². The molecule has 1 saturated carbocycles. The van der Waals surface area contributed by atoms with Crippen molar-refractivity contribution in [3.05, 3.63) is 0 Å². The molecule has 0 spiro atoms. The van der Waals surface area contributed by atoms with Gasteiger partial charge >= 0.3 is 0 Å². The topological polar surface area (TPSA) is 27.7 Å². The Morgan fingerprint density at radius 3 is 2.72 bits per heavy atom. The number of nitrogens with zero attached hydrogens (tertiary/aromatic N) is 2. The molecule has 0 amide bonds. The van der Waals surface area contributed by atoms with Crippen molar-refractivity contribution < 1.29 is 4.74 Å². The number of methoxy groups -OCH3 is 1. The third-order valence-corrected chi connectivity index (χ3v) is 4.25. The number of likely N-dealkylation sites (tertiary alicyclic amines) is 1. The van der Waals surface area contributed by atoms with Gasteiger partial charge in [-0.15, -0.1) is 0 Å². The predicted octanol–water partition coefficient (Wildman–Crippen LogP) is 0.779. The first kappa shape index (κ1) is 14.3. The van der Waals surface area contributed by atoms with Gasteiger partial charge in [-0.2, -0.15) is 0 Å². The summed E-state index contributed by atoms with van der Waals surface area (Å²) in [5.74, 6) is 0. The molecule has 1 N–H and O–H groups in total. The summed E-state index contributed by atoms with van der Waals surface area (Å²) in [6, 6.07) is 2.04. The van der Waals surface area contributed by atoms with E-state index in [1.54, 1.807) is 0 Å². The molecule has 4 heteroatoms. The van der Waals surface area contributed by atoms with E-state index in [0.717, 1.165) is 19.2 Å². The Morgan fingerprint density at radius 2 is 2.11 bits per heavy atom. The van der Waals surface area contributed by atoms with Crippen LogP contribution in [-0.4, -0.2) is 75.4 Å². The van der Waals surface area contributed by atoms with Crippen LogP contribution in [0.3, 0.4) is 0 Å². The summed E-state index contributed by atoms with van der Waals surface area (Å²) in [5, 5.41) is 3.65. The summed E-state index contributed by atoms with van der Waals surface area (Å²) in [6.07, 6.45) is 5.37. The van der Waals surface area contributed by atoms with Gasteiger partial charge in [0.2, 0.25) is 0 Å². The van der Waals surface area contributed by atoms with Gasteiger partial charge in [0.1, 0.15) is 0 Å². The molecule has 0 bridgehead atoms. The van der Waals surface area contributed by atoms with Gasteiger partial charge in [-0.3, -0.25) is 4.90 Å². The maximum Gasteiger partial charge on any atom is 0.0630 e. The maximum absolute atomic E-state index is 5.41. The highest BCUT2D eigenvalue weighted by Crippen LogP contribution is 2.20. The van der Waals surface area contributed by atoms with Crippen molar-refractivity contribution in [1.29, 1.82) is 0 Å². The van der Waals surface area contributed by atoms with Crippen molar-refractivity contribution in [2.45, 2.75) is 43.8 Å². The second kappa shape index (κ2) is 6.85. The molecule has 0 radical (unpaired) electrons. The van der Waals surface area contributed by atoms with Crippen LogP contribution in [0.4, 0.5) is 0 Å². The lowest BCUT2D eigenvalue weighted by Crippen LogP contribution is -2.53. The lowest BCUT2D eigenvalue weighted by Gasteiger charge is -2.40. The van der Waals surface area contributed by atoms with Crippen LogP contribution in [0.1, 0.15) is 25.7 Å². The number of hydrogen-bond donors (Lipinski definition) is 1. The van der Waals surface area contributed by atoms with Crippen LogP contribution in [0.2, 0.25) is 0 Å². The Hall–Kier alpha value is -0.160. The molecule has 1 saturated heterocycles. The van der Waals surface area contributed by atoms with Crippen LogP contribution in [0.15, 0.2) is 0 Å². The SMILES string of the molecule is COCC(CNC1CC1)N1CCCC(N(C)C)C1. The Bertz CT molecular complexity index is 241. The van der Waals surface area contributed by atoms with Gasteiger partial charge in [-0.05, 0) is 46.3 Å². The van der Waals surface area contributed by atoms with E-state index in [4.69, 9.17) is 4.74 Å². The summed E-state index contributed by atoms with van der Waals surface area (Å²) in [7, 11) is 6.21. The summed E-state index contributed by atoms with van der Waals surface area (Å²) < 4.78 is 5.41. The maximum atomic E-state index is 5.41. The summed E-state index contributed by atoms with van der Waals surface area (Å²) in [4.78, 5) is 4.98. The fraction of sp³-hybridized carbons (Fsp3) is 1.00. The van der Waals surface area contributed by atoms with Gasteiger partial charge in [0, 0.05) is 38.3 Å². The third-order valence-electron chi connectivity index (χ3n) is 4.25. The number of nitrogens with one attached hydrogen (secondary N) is 1. The van der Waals surface area contributed by atoms with E-state index in [2.05, 4.69) is 29.2 Å². The summed E-state index contributed by atoms with van der Waals surface area (Å²) in [5.41, 5.74) is 0. The summed E-state index contributed by atoms with van der Waals surface area (Å²) in [6.45, 7) is 4.34. The zero-order valence-corrected chi connectivity index (χ0v) is 12.2. The van der Waals surface area contributed by atoms with E-state index in [-0.39, 0.29) is 0 Å². The second-order valence-corrected chi connectivity index (χ2v) is 6.05. The number of ether oxygens (including phenoxy) is 1. The van der Waals surface area contributed by atoms with Crippen molar-refractivity contribution in [3.63, 3.8) is 0 Å². The van der Waals surface area contributed by atoms with Crippen LogP contribution < -0.4 is 5.32 Å². The fourth-order valence-corrected chi connectivity index (χ4v) is 2.81. The van der Waals surface area contributed by atoms with E-state index in [1.165, 1.54) is 38.8 Å². The molecule has 2 unspecified atom stereocenters. The predicted molar refractivity (Wildman–Crippen MR) is 75.0 cm³/mol. The molecule has 2 aliphatic rings. The van der Waals surface area contributed by atoms with Crippen molar-refractivity contribution in [2.75, 3.05) is 47.4 Å². The first-order valence-electron chi connectivity index (χ1n) is 7.33. The number of likely N-dealkylation sites (N-methyl/N-ethyl adjacent to an activating group) is 1. The second-order valence-electron chi connectivity index (χ2n) is 6.05. The van der Waals surface area contributed by atoms with E-state index >= 15 is 0 Å². The van der Waals surface area contributed by atoms with E-state index in [1.807, 2.05) is 7.11 Å². The zero-order valence-electron chi connectivity index (χ0n) is 12.2. The molecule has 2 atom stereocenters. The van der Waals surface area contributed by atoms with Crippen LogP contribution in [-0.2, 0) is 4.74 Å². The Labute approximate surface area is 112 Å². The molecule has 0 aromatic rings. The molecule has 0 aromatic carbocycles. The monoisotopic (exact) mass is 255 g/mol. The van der Waals surface area contributed by atoms with Gasteiger partial charge < -0.3 is 15.0 Å². The minimum Gasteiger partial charge on any atom is -0.383 e. The molecule has 106 valence electrons. The molecular formula is C14H29N3O. The average Bonchev–Trinajstić information content (AvgIpc) is 3.18. The first-order valence-corrected chi connectivity index (χ1v) is 7.33. The molecular weight excluding hydrogens is 226 g/mol. The third kappa shape index (κ3) is 4.19. The van der Waals surface area contributed by atoms with Gasteiger partial charge in [0.25, 0.3) is 0 Å². The van der Waals surface area contributed by atoms with E-state index in [0.29, 0.717) is 12.1 Å². The lowest BCUT2D eigenvalue weighted by molar-refractivity contribution is 0.0486. The average molecular weight is 255 g/mol. The highest BCUT2D eigenvalue weighted by atomic mass is 16.5. The van der Waals surface area contributed by atoms with Crippen molar-refractivity contribution in [3.8, 4) is 0 Å². The standard InChI is InChI=1S/C14H29N3O/c1-16(2)13-5-4-8-17(10-13)14(11-18-3)9-15-12-6-7-12/h12-15H,4-11H2,1-3H3. The van der Waals surface area contributed by atoms with Gasteiger partial charge in [0.15, 0.2) is 0 Å². The van der Waals surface area contributed by atoms with Crippen LogP contribution in [0, 0.1) is 0 Å². The Morgan fingerprint density at radius 1 is 1.33 bits per heavy atom. The molecule has 4 nitrogen and oxygen atoms in total. The smallest absolute Gasteiger partial charge is 0.0630 e. The van der Waals surface area contributed by atoms with Gasteiger partial charge in [-0.1, -0.05) is 0 Å². The molecule has 1 heterocycles. The van der Waals surface area contributed by atoms with Crippen molar-refractivity contribution in [1.82, 2.24) is 15.1 Å². The first-order chi connectivity index (χ1) is 8.70. The van der Waals surface area contributed by atoms with Crippen LogP contribution in [0.5, 0.6) is 0 Å². The molecule has 2 fully saturated rings. The Kier molecular flexibility index (Phi) is 5.42. The minimum atomic E-state index is 0.540. The minimum absolute atomic E-state index is 0.540. The largest absolute Gasteiger partial charge is 0.383 e. The normalized spacial score (nSPS) is 27.7. The van der Waals surface area contributed by atoms with Gasteiger partial charge in [0.05, 0.1) is 6.61 Å². The quantitative estimate of drug-likeness (QED) is 0.727. The van der Waals surface area contributed by atoms with E-state index < -0.39 is 0 Å². The highest BCUT2D eigenvalue weighted by molar-refractivity contribution is 4.87.